The number of anilines is 1. The summed E-state index contributed by atoms with van der Waals surface area (Å²) in [6.07, 6.45) is 1.86. The molecule has 1 fully saturated rings. The van der Waals surface area contributed by atoms with E-state index in [1.807, 2.05) is 24.4 Å². The number of hydrogen-bond donors (Lipinski definition) is 1. The molecule has 1 aliphatic heterocycles. The monoisotopic (exact) mass is 328 g/mol. The topological polar surface area (TPSA) is 41.1 Å². The van der Waals surface area contributed by atoms with Crippen LogP contribution in [0.1, 0.15) is 0 Å². The Balaban J connectivity index is 0.00000120. The summed E-state index contributed by atoms with van der Waals surface area (Å²) in [6.45, 7) is 4.02. The Kier molecular flexibility index (Phi) is 4.37. The smallest absolute Gasteiger partial charge is 0.147 e. The molecule has 18 heavy (non-hydrogen) atoms. The van der Waals surface area contributed by atoms with E-state index in [1.54, 1.807) is 0 Å². The average Bonchev–Trinajstić information content (AvgIpc) is 2.39. The van der Waals surface area contributed by atoms with E-state index in [0.29, 0.717) is 0 Å². The molecule has 0 bridgehead atoms. The van der Waals surface area contributed by atoms with Crippen LogP contribution in [-0.2, 0) is 0 Å². The van der Waals surface area contributed by atoms with E-state index in [2.05, 4.69) is 36.1 Å². The van der Waals surface area contributed by atoms with Gasteiger partial charge in [-0.3, -0.25) is 4.98 Å². The first kappa shape index (κ1) is 13.5. The Bertz CT molecular complexity index is 543. The lowest BCUT2D eigenvalue weighted by Crippen LogP contribution is -2.43. The predicted octanol–water partition coefficient (Wildman–Crippen LogP) is 2.22. The van der Waals surface area contributed by atoms with Crippen LogP contribution in [0.4, 0.5) is 5.82 Å². The molecule has 96 valence electrons. The third kappa shape index (κ3) is 2.74. The molecule has 0 unspecified atom stereocenters. The summed E-state index contributed by atoms with van der Waals surface area (Å²) >= 11 is 3.44. The van der Waals surface area contributed by atoms with Gasteiger partial charge in [0.25, 0.3) is 0 Å². The van der Waals surface area contributed by atoms with E-state index in [1.165, 1.54) is 0 Å². The molecule has 0 aliphatic carbocycles. The van der Waals surface area contributed by atoms with Crippen molar-refractivity contribution in [1.29, 1.82) is 0 Å². The fraction of sp³-hybridized carbons (Fsp3) is 0.333. The second-order valence-corrected chi connectivity index (χ2v) is 5.01. The molecule has 0 atom stereocenters. The fourth-order valence-electron chi connectivity index (χ4n) is 2.02. The van der Waals surface area contributed by atoms with Gasteiger partial charge in [-0.05, 0) is 18.2 Å². The molecule has 0 radical (unpaired) electrons. The Labute approximate surface area is 120 Å². The molecular weight excluding hydrogens is 316 g/mol. The van der Waals surface area contributed by atoms with E-state index < -0.39 is 0 Å². The summed E-state index contributed by atoms with van der Waals surface area (Å²) in [6, 6.07) is 5.99. The highest BCUT2D eigenvalue weighted by Gasteiger charge is 2.12. The van der Waals surface area contributed by atoms with Crippen molar-refractivity contribution in [3.63, 3.8) is 0 Å². The Morgan fingerprint density at radius 3 is 2.72 bits per heavy atom. The summed E-state index contributed by atoms with van der Waals surface area (Å²) in [4.78, 5) is 11.4. The predicted molar refractivity (Wildman–Crippen MR) is 79.6 cm³/mol. The van der Waals surface area contributed by atoms with Crippen molar-refractivity contribution in [1.82, 2.24) is 15.3 Å². The van der Waals surface area contributed by atoms with Crippen molar-refractivity contribution in [3.8, 4) is 0 Å². The van der Waals surface area contributed by atoms with Crippen molar-refractivity contribution in [2.24, 2.45) is 0 Å². The highest BCUT2D eigenvalue weighted by atomic mass is 79.9. The lowest BCUT2D eigenvalue weighted by atomic mass is 10.3. The van der Waals surface area contributed by atoms with Crippen LogP contribution in [-0.4, -0.2) is 36.1 Å². The van der Waals surface area contributed by atoms with Crippen LogP contribution in [0.5, 0.6) is 0 Å². The standard InChI is InChI=1S/C12H13BrN4.ClH/c13-9-1-2-10-11(7-9)15-8-12(16-10)17-5-3-14-4-6-17;/h1-2,7-8,14H,3-6H2;1H. The van der Waals surface area contributed by atoms with Gasteiger partial charge in [0.1, 0.15) is 5.82 Å². The van der Waals surface area contributed by atoms with Gasteiger partial charge >= 0.3 is 0 Å². The van der Waals surface area contributed by atoms with Gasteiger partial charge in [-0.1, -0.05) is 15.9 Å². The van der Waals surface area contributed by atoms with Gasteiger partial charge in [-0.2, -0.15) is 0 Å². The van der Waals surface area contributed by atoms with Gasteiger partial charge in [0.15, 0.2) is 0 Å². The molecule has 2 aromatic rings. The first-order valence-corrected chi connectivity index (χ1v) is 6.50. The fourth-order valence-corrected chi connectivity index (χ4v) is 2.37. The van der Waals surface area contributed by atoms with Crippen LogP contribution >= 0.6 is 28.3 Å². The molecule has 1 aromatic heterocycles. The van der Waals surface area contributed by atoms with E-state index in [9.17, 15) is 0 Å². The number of rotatable bonds is 1. The molecule has 0 amide bonds. The number of hydrogen-bond acceptors (Lipinski definition) is 4. The molecule has 6 heteroatoms. The molecular formula is C12H14BrClN4. The third-order valence-electron chi connectivity index (χ3n) is 2.93. The van der Waals surface area contributed by atoms with Crippen LogP contribution in [0, 0.1) is 0 Å². The lowest BCUT2D eigenvalue weighted by Gasteiger charge is -2.28. The van der Waals surface area contributed by atoms with Crippen LogP contribution in [0.2, 0.25) is 0 Å². The van der Waals surface area contributed by atoms with Gasteiger partial charge < -0.3 is 10.2 Å². The Hall–Kier alpha value is -0.910. The van der Waals surface area contributed by atoms with Crippen LogP contribution < -0.4 is 10.2 Å². The van der Waals surface area contributed by atoms with E-state index >= 15 is 0 Å². The van der Waals surface area contributed by atoms with Crippen molar-refractivity contribution < 1.29 is 0 Å². The molecule has 1 aromatic carbocycles. The van der Waals surface area contributed by atoms with Crippen molar-refractivity contribution >= 4 is 45.2 Å². The minimum atomic E-state index is 0. The first-order valence-electron chi connectivity index (χ1n) is 5.71. The third-order valence-corrected chi connectivity index (χ3v) is 3.43. The maximum absolute atomic E-state index is 4.65. The Morgan fingerprint density at radius 1 is 1.17 bits per heavy atom. The molecule has 1 N–H and O–H groups in total. The Morgan fingerprint density at radius 2 is 1.94 bits per heavy atom. The van der Waals surface area contributed by atoms with Crippen molar-refractivity contribution in [3.05, 3.63) is 28.9 Å². The minimum Gasteiger partial charge on any atom is -0.353 e. The minimum absolute atomic E-state index is 0. The number of fused-ring (bicyclic) bond motifs is 1. The normalized spacial score (nSPS) is 15.5. The number of nitrogens with one attached hydrogen (secondary N) is 1. The quantitative estimate of drug-likeness (QED) is 0.871. The number of aromatic nitrogens is 2. The molecule has 1 aliphatic rings. The molecule has 0 saturated carbocycles. The van der Waals surface area contributed by atoms with Crippen molar-refractivity contribution in [2.75, 3.05) is 31.1 Å². The summed E-state index contributed by atoms with van der Waals surface area (Å²) < 4.78 is 1.04. The summed E-state index contributed by atoms with van der Waals surface area (Å²) in [5.74, 6) is 0.973. The molecule has 2 heterocycles. The van der Waals surface area contributed by atoms with Crippen molar-refractivity contribution in [2.45, 2.75) is 0 Å². The van der Waals surface area contributed by atoms with Crippen LogP contribution in [0.25, 0.3) is 11.0 Å². The zero-order valence-corrected chi connectivity index (χ0v) is 12.2. The van der Waals surface area contributed by atoms with Gasteiger partial charge in [-0.25, -0.2) is 4.98 Å². The molecule has 3 rings (SSSR count). The van der Waals surface area contributed by atoms with Gasteiger partial charge in [0.05, 0.1) is 17.2 Å². The van der Waals surface area contributed by atoms with Gasteiger partial charge in [0.2, 0.25) is 0 Å². The average molecular weight is 330 g/mol. The van der Waals surface area contributed by atoms with E-state index in [-0.39, 0.29) is 12.4 Å². The van der Waals surface area contributed by atoms with Gasteiger partial charge in [0, 0.05) is 30.7 Å². The number of nitrogens with zero attached hydrogens (tertiary/aromatic N) is 3. The van der Waals surface area contributed by atoms with Crippen LogP contribution in [0.15, 0.2) is 28.9 Å². The second kappa shape index (κ2) is 5.82. The summed E-state index contributed by atoms with van der Waals surface area (Å²) in [5.41, 5.74) is 1.88. The highest BCUT2D eigenvalue weighted by molar-refractivity contribution is 9.10. The maximum Gasteiger partial charge on any atom is 0.147 e. The molecule has 4 nitrogen and oxygen atoms in total. The largest absolute Gasteiger partial charge is 0.353 e. The lowest BCUT2D eigenvalue weighted by molar-refractivity contribution is 0.585. The maximum atomic E-state index is 4.65. The van der Waals surface area contributed by atoms with E-state index in [0.717, 1.165) is 47.5 Å². The molecule has 0 spiro atoms. The number of benzene rings is 1. The first-order chi connectivity index (χ1) is 8.33. The second-order valence-electron chi connectivity index (χ2n) is 4.10. The summed E-state index contributed by atoms with van der Waals surface area (Å²) in [5, 5.41) is 3.33. The SMILES string of the molecule is Brc1ccc2nc(N3CCNCC3)cnc2c1.Cl. The zero-order valence-electron chi connectivity index (χ0n) is 9.77. The number of halogens is 2. The number of piperazine rings is 1. The van der Waals surface area contributed by atoms with Crippen LogP contribution in [0.3, 0.4) is 0 Å². The van der Waals surface area contributed by atoms with Gasteiger partial charge in [-0.15, -0.1) is 12.4 Å². The summed E-state index contributed by atoms with van der Waals surface area (Å²) in [7, 11) is 0. The van der Waals surface area contributed by atoms with E-state index in [4.69, 9.17) is 0 Å². The molecule has 1 saturated heterocycles. The zero-order chi connectivity index (χ0) is 11.7. The highest BCUT2D eigenvalue weighted by Crippen LogP contribution is 2.19.